The standard InChI is InChI=1S/C35H66O4/c1-3-5-7-8-9-10-11-12-13-14-18-21-24-28-32-35(38)39-33(29-25-6-4-2)30-26-22-19-16-15-17-20-23-27-31-34(36)37/h10-11,33H,3-9,12-32H2,1-2H3,(H,36,37)/b11-10-. The van der Waals surface area contributed by atoms with Crippen molar-refractivity contribution in [3.8, 4) is 0 Å². The van der Waals surface area contributed by atoms with E-state index in [-0.39, 0.29) is 12.1 Å². The molecule has 0 bridgehead atoms. The second-order valence-corrected chi connectivity index (χ2v) is 11.7. The van der Waals surface area contributed by atoms with E-state index in [0.29, 0.717) is 12.8 Å². The van der Waals surface area contributed by atoms with Crippen LogP contribution in [0.4, 0.5) is 0 Å². The molecule has 230 valence electrons. The van der Waals surface area contributed by atoms with Crippen LogP contribution >= 0.6 is 0 Å². The molecule has 39 heavy (non-hydrogen) atoms. The van der Waals surface area contributed by atoms with E-state index in [1.807, 2.05) is 0 Å². The SMILES string of the molecule is CCCCCC/C=C\CCCCCCCCC(=O)OC(CCCCC)CCCCCCCCCCCC(=O)O. The first-order chi connectivity index (χ1) is 19.1. The first kappa shape index (κ1) is 37.7. The van der Waals surface area contributed by atoms with Crippen molar-refractivity contribution in [3.05, 3.63) is 12.2 Å². The van der Waals surface area contributed by atoms with Crippen LogP contribution in [0, 0.1) is 0 Å². The molecule has 1 unspecified atom stereocenters. The summed E-state index contributed by atoms with van der Waals surface area (Å²) in [5.41, 5.74) is 0. The number of carboxylic acid groups (broad SMARTS) is 1. The molecule has 0 rings (SSSR count). The summed E-state index contributed by atoms with van der Waals surface area (Å²) in [5, 5.41) is 8.67. The van der Waals surface area contributed by atoms with E-state index in [1.165, 1.54) is 109 Å². The number of aliphatic carboxylic acids is 1. The fraction of sp³-hybridized carbons (Fsp3) is 0.886. The van der Waals surface area contributed by atoms with Crippen LogP contribution in [-0.2, 0) is 14.3 Å². The molecule has 0 fully saturated rings. The summed E-state index contributed by atoms with van der Waals surface area (Å²) in [4.78, 5) is 23.0. The van der Waals surface area contributed by atoms with Gasteiger partial charge in [-0.15, -0.1) is 0 Å². The summed E-state index contributed by atoms with van der Waals surface area (Å²) < 4.78 is 5.92. The van der Waals surface area contributed by atoms with Crippen LogP contribution < -0.4 is 0 Å². The number of carboxylic acids is 1. The van der Waals surface area contributed by atoms with Crippen LogP contribution in [0.3, 0.4) is 0 Å². The summed E-state index contributed by atoms with van der Waals surface area (Å²) in [6.07, 6.45) is 36.8. The Kier molecular flexibility index (Phi) is 30.2. The van der Waals surface area contributed by atoms with Crippen molar-refractivity contribution in [1.82, 2.24) is 0 Å². The van der Waals surface area contributed by atoms with E-state index in [9.17, 15) is 9.59 Å². The number of unbranched alkanes of at least 4 members (excludes halogenated alkanes) is 20. The molecule has 0 amide bonds. The second kappa shape index (κ2) is 31.2. The molecule has 4 heteroatoms. The molecule has 1 atom stereocenters. The van der Waals surface area contributed by atoms with Crippen molar-refractivity contribution in [1.29, 1.82) is 0 Å². The summed E-state index contributed by atoms with van der Waals surface area (Å²) >= 11 is 0. The molecule has 0 heterocycles. The van der Waals surface area contributed by atoms with E-state index >= 15 is 0 Å². The quantitative estimate of drug-likeness (QED) is 0.0529. The number of allylic oxidation sites excluding steroid dienone is 2. The molecule has 1 N–H and O–H groups in total. The molecule has 0 radical (unpaired) electrons. The molecule has 0 aromatic carbocycles. The third-order valence-corrected chi connectivity index (χ3v) is 7.74. The molecule has 0 aliphatic heterocycles. The van der Waals surface area contributed by atoms with Crippen LogP contribution in [0.5, 0.6) is 0 Å². The lowest BCUT2D eigenvalue weighted by Crippen LogP contribution is -2.18. The fourth-order valence-electron chi connectivity index (χ4n) is 5.18. The number of esters is 1. The van der Waals surface area contributed by atoms with Crippen molar-refractivity contribution in [2.45, 2.75) is 200 Å². The molecule has 0 spiro atoms. The van der Waals surface area contributed by atoms with Crippen LogP contribution in [-0.4, -0.2) is 23.1 Å². The van der Waals surface area contributed by atoms with Crippen LogP contribution in [0.15, 0.2) is 12.2 Å². The molecule has 0 aromatic heterocycles. The molecule has 0 aliphatic carbocycles. The number of rotatable bonds is 31. The van der Waals surface area contributed by atoms with Gasteiger partial charge in [0.1, 0.15) is 6.10 Å². The highest BCUT2D eigenvalue weighted by Crippen LogP contribution is 2.18. The lowest BCUT2D eigenvalue weighted by molar-refractivity contribution is -0.150. The highest BCUT2D eigenvalue weighted by atomic mass is 16.5. The maximum Gasteiger partial charge on any atom is 0.306 e. The lowest BCUT2D eigenvalue weighted by Gasteiger charge is -2.18. The van der Waals surface area contributed by atoms with Crippen molar-refractivity contribution >= 4 is 11.9 Å². The minimum absolute atomic E-state index is 0.0171. The molecular weight excluding hydrogens is 484 g/mol. The summed E-state index contributed by atoms with van der Waals surface area (Å²) in [7, 11) is 0. The molecule has 0 aliphatic rings. The fourth-order valence-corrected chi connectivity index (χ4v) is 5.18. The molecular formula is C35H66O4. The highest BCUT2D eigenvalue weighted by molar-refractivity contribution is 5.69. The normalized spacial score (nSPS) is 12.3. The third-order valence-electron chi connectivity index (χ3n) is 7.74. The Morgan fingerprint density at radius 1 is 0.538 bits per heavy atom. The van der Waals surface area contributed by atoms with Crippen molar-refractivity contribution in [2.24, 2.45) is 0 Å². The monoisotopic (exact) mass is 550 g/mol. The zero-order valence-corrected chi connectivity index (χ0v) is 26.2. The Balaban J connectivity index is 3.76. The number of carbonyl (C=O) groups is 2. The van der Waals surface area contributed by atoms with Crippen LogP contribution in [0.2, 0.25) is 0 Å². The topological polar surface area (TPSA) is 63.6 Å². The van der Waals surface area contributed by atoms with Gasteiger partial charge in [-0.2, -0.15) is 0 Å². The third kappa shape index (κ3) is 31.1. The zero-order chi connectivity index (χ0) is 28.7. The summed E-state index contributed by atoms with van der Waals surface area (Å²) in [6, 6.07) is 0. The maximum absolute atomic E-state index is 12.5. The Morgan fingerprint density at radius 3 is 1.44 bits per heavy atom. The Morgan fingerprint density at radius 2 is 0.923 bits per heavy atom. The highest BCUT2D eigenvalue weighted by Gasteiger charge is 2.14. The van der Waals surface area contributed by atoms with Gasteiger partial charge in [0.25, 0.3) is 0 Å². The largest absolute Gasteiger partial charge is 0.481 e. The smallest absolute Gasteiger partial charge is 0.306 e. The molecule has 0 saturated carbocycles. The second-order valence-electron chi connectivity index (χ2n) is 11.7. The van der Waals surface area contributed by atoms with E-state index in [4.69, 9.17) is 9.84 Å². The van der Waals surface area contributed by atoms with E-state index in [2.05, 4.69) is 26.0 Å². The zero-order valence-electron chi connectivity index (χ0n) is 26.2. The van der Waals surface area contributed by atoms with Crippen molar-refractivity contribution in [3.63, 3.8) is 0 Å². The van der Waals surface area contributed by atoms with Gasteiger partial charge in [0, 0.05) is 12.8 Å². The van der Waals surface area contributed by atoms with Crippen LogP contribution in [0.1, 0.15) is 194 Å². The van der Waals surface area contributed by atoms with Crippen molar-refractivity contribution < 1.29 is 19.4 Å². The predicted molar refractivity (Wildman–Crippen MR) is 167 cm³/mol. The first-order valence-electron chi connectivity index (χ1n) is 17.2. The van der Waals surface area contributed by atoms with E-state index in [1.54, 1.807) is 0 Å². The van der Waals surface area contributed by atoms with Gasteiger partial charge in [-0.1, -0.05) is 129 Å². The molecule has 0 aromatic rings. The lowest BCUT2D eigenvalue weighted by atomic mass is 10.0. The average Bonchev–Trinajstić information content (AvgIpc) is 2.91. The van der Waals surface area contributed by atoms with Gasteiger partial charge in [0.15, 0.2) is 0 Å². The van der Waals surface area contributed by atoms with Gasteiger partial charge >= 0.3 is 11.9 Å². The molecule has 4 nitrogen and oxygen atoms in total. The molecule has 0 saturated heterocycles. The average molecular weight is 551 g/mol. The van der Waals surface area contributed by atoms with Gasteiger partial charge in [-0.3, -0.25) is 9.59 Å². The number of hydrogen-bond acceptors (Lipinski definition) is 3. The van der Waals surface area contributed by atoms with Gasteiger partial charge in [0.2, 0.25) is 0 Å². The predicted octanol–water partition coefficient (Wildman–Crippen LogP) is 11.5. The van der Waals surface area contributed by atoms with E-state index < -0.39 is 5.97 Å². The van der Waals surface area contributed by atoms with Gasteiger partial charge < -0.3 is 9.84 Å². The minimum atomic E-state index is -0.679. The van der Waals surface area contributed by atoms with Crippen LogP contribution in [0.25, 0.3) is 0 Å². The first-order valence-corrected chi connectivity index (χ1v) is 17.2. The number of carbonyl (C=O) groups excluding carboxylic acids is 1. The van der Waals surface area contributed by atoms with Crippen molar-refractivity contribution in [2.75, 3.05) is 0 Å². The summed E-state index contributed by atoms with van der Waals surface area (Å²) in [5.74, 6) is -0.662. The minimum Gasteiger partial charge on any atom is -0.481 e. The number of ether oxygens (including phenoxy) is 1. The summed E-state index contributed by atoms with van der Waals surface area (Å²) in [6.45, 7) is 4.48. The Labute approximate surface area is 243 Å². The van der Waals surface area contributed by atoms with Gasteiger partial charge in [-0.05, 0) is 64.2 Å². The van der Waals surface area contributed by atoms with E-state index in [0.717, 1.165) is 57.8 Å². The number of hydrogen-bond donors (Lipinski definition) is 1. The van der Waals surface area contributed by atoms with Gasteiger partial charge in [-0.25, -0.2) is 0 Å². The Hall–Kier alpha value is -1.32. The maximum atomic E-state index is 12.5. The Bertz CT molecular complexity index is 557. The van der Waals surface area contributed by atoms with Gasteiger partial charge in [0.05, 0.1) is 0 Å².